The van der Waals surface area contributed by atoms with Crippen molar-refractivity contribution >= 4 is 74.2 Å². The maximum absolute atomic E-state index is 14.3. The number of hydrogen-bond donors (Lipinski definition) is 7. The summed E-state index contributed by atoms with van der Waals surface area (Å²) < 4.78 is 60.9. The maximum Gasteiger partial charge on any atom is 0.288 e. The Labute approximate surface area is 492 Å². The summed E-state index contributed by atoms with van der Waals surface area (Å²) in [6.07, 6.45) is 10.7. The number of benzene rings is 4. The van der Waals surface area contributed by atoms with Crippen LogP contribution in [0.3, 0.4) is 0 Å². The van der Waals surface area contributed by atoms with Crippen LogP contribution in [0.25, 0.3) is 0 Å². The molecule has 0 saturated carbocycles. The SMILES string of the molecule is C=CC1=C(/C=C\C)C[C@H]2CNc3cc(OCc4cc(COc5cc6c(cc5OC)C(=O)N5c7ccccc7C[C@H]5C(S(=O)(=O)O)N6)cc(NC(=O)[C@H](C)NC(=O)[C@H](C)NC(=O)CCCCC(=O)NCCN5CC=CC5=O)c4)c(OC)cc3C(=O)N12. The summed E-state index contributed by atoms with van der Waals surface area (Å²) in [5, 5.41) is 15.6. The van der Waals surface area contributed by atoms with Crippen molar-refractivity contribution in [3.05, 3.63) is 143 Å². The third-order valence-electron chi connectivity index (χ3n) is 15.3. The van der Waals surface area contributed by atoms with Crippen molar-refractivity contribution in [2.75, 3.05) is 61.2 Å². The molecule has 0 bridgehead atoms. The third-order valence-corrected chi connectivity index (χ3v) is 16.3. The Morgan fingerprint density at radius 3 is 2.07 bits per heavy atom. The monoisotopic (exact) mass is 1180 g/mol. The minimum Gasteiger partial charge on any atom is -0.493 e. The van der Waals surface area contributed by atoms with Crippen LogP contribution in [0.4, 0.5) is 22.7 Å². The number of ether oxygens (including phenoxy) is 4. The highest BCUT2D eigenvalue weighted by Gasteiger charge is 2.47. The second-order valence-corrected chi connectivity index (χ2v) is 22.7. The molecule has 1 unspecified atom stereocenters. The Morgan fingerprint density at radius 2 is 1.44 bits per heavy atom. The molecule has 23 nitrogen and oxygen atoms in total. The molecule has 5 aliphatic heterocycles. The normalized spacial score (nSPS) is 18.4. The van der Waals surface area contributed by atoms with Crippen LogP contribution in [0.2, 0.25) is 0 Å². The van der Waals surface area contributed by atoms with Crippen molar-refractivity contribution in [1.82, 2.24) is 25.8 Å². The van der Waals surface area contributed by atoms with Crippen molar-refractivity contribution < 1.29 is 65.5 Å². The molecule has 9 rings (SSSR count). The highest BCUT2D eigenvalue weighted by atomic mass is 32.2. The number of fused-ring (bicyclic) bond motifs is 6. The van der Waals surface area contributed by atoms with Gasteiger partial charge in [0.25, 0.3) is 21.9 Å². The van der Waals surface area contributed by atoms with Crippen LogP contribution >= 0.6 is 0 Å². The first kappa shape index (κ1) is 60.4. The molecule has 5 heterocycles. The van der Waals surface area contributed by atoms with Gasteiger partial charge in [-0.15, -0.1) is 0 Å². The number of methoxy groups -OCH3 is 2. The van der Waals surface area contributed by atoms with Crippen molar-refractivity contribution in [2.45, 2.75) is 102 Å². The largest absolute Gasteiger partial charge is 0.493 e. The van der Waals surface area contributed by atoms with E-state index in [1.807, 2.05) is 19.1 Å². The van der Waals surface area contributed by atoms with Gasteiger partial charge in [0.2, 0.25) is 29.5 Å². The number of nitrogens with one attached hydrogen (secondary N) is 6. The molecular weight excluding hydrogens is 1110 g/mol. The molecule has 448 valence electrons. The molecule has 7 N–H and O–H groups in total. The lowest BCUT2D eigenvalue weighted by Crippen LogP contribution is -2.50. The predicted octanol–water partition coefficient (Wildman–Crippen LogP) is 5.75. The summed E-state index contributed by atoms with van der Waals surface area (Å²) in [6, 6.07) is 15.0. The molecule has 0 saturated heterocycles. The number of hydrogen-bond acceptors (Lipinski definition) is 15. The molecule has 7 amide bonds. The second-order valence-electron chi connectivity index (χ2n) is 21.1. The number of unbranched alkanes of at least 4 members (excludes halogenated alkanes) is 1. The Bertz CT molecular complexity index is 3550. The van der Waals surface area contributed by atoms with E-state index in [1.54, 1.807) is 76.5 Å². The van der Waals surface area contributed by atoms with E-state index in [-0.39, 0.29) is 90.4 Å². The van der Waals surface area contributed by atoms with Crippen LogP contribution in [-0.2, 0) is 53.7 Å². The number of rotatable bonds is 24. The number of anilines is 4. The van der Waals surface area contributed by atoms with E-state index in [0.29, 0.717) is 79.3 Å². The van der Waals surface area contributed by atoms with Crippen LogP contribution in [0.1, 0.15) is 90.3 Å². The Hall–Kier alpha value is -9.16. The van der Waals surface area contributed by atoms with E-state index in [0.717, 1.165) is 16.8 Å². The van der Waals surface area contributed by atoms with E-state index >= 15 is 0 Å². The highest BCUT2D eigenvalue weighted by Crippen LogP contribution is 2.44. The van der Waals surface area contributed by atoms with Gasteiger partial charge >= 0.3 is 0 Å². The third kappa shape index (κ3) is 13.6. The first-order valence-electron chi connectivity index (χ1n) is 27.9. The minimum absolute atomic E-state index is 0.0572. The number of carbonyl (C=O) groups excluding carboxylic acids is 7. The molecule has 4 aromatic rings. The fraction of sp³-hybridized carbons (Fsp3) is 0.361. The van der Waals surface area contributed by atoms with Gasteiger partial charge in [0.1, 0.15) is 25.3 Å². The summed E-state index contributed by atoms with van der Waals surface area (Å²) in [6.45, 7) is 10.2. The summed E-state index contributed by atoms with van der Waals surface area (Å²) in [5.41, 5.74) is 5.31. The summed E-state index contributed by atoms with van der Waals surface area (Å²) in [4.78, 5) is 97.3. The van der Waals surface area contributed by atoms with Gasteiger partial charge in [-0.1, -0.05) is 43.0 Å². The summed E-state index contributed by atoms with van der Waals surface area (Å²) >= 11 is 0. The van der Waals surface area contributed by atoms with Gasteiger partial charge in [-0.3, -0.25) is 38.1 Å². The first-order valence-corrected chi connectivity index (χ1v) is 29.4. The second kappa shape index (κ2) is 26.2. The lowest BCUT2D eigenvalue weighted by atomic mass is 10.1. The van der Waals surface area contributed by atoms with Gasteiger partial charge in [-0.05, 0) is 111 Å². The molecule has 0 aromatic heterocycles. The van der Waals surface area contributed by atoms with Gasteiger partial charge < -0.3 is 65.5 Å². The molecule has 85 heavy (non-hydrogen) atoms. The van der Waals surface area contributed by atoms with Gasteiger partial charge in [0.15, 0.2) is 28.4 Å². The van der Waals surface area contributed by atoms with E-state index in [9.17, 15) is 46.5 Å². The van der Waals surface area contributed by atoms with Crippen LogP contribution < -0.4 is 55.7 Å². The van der Waals surface area contributed by atoms with Crippen LogP contribution in [0.15, 0.2) is 115 Å². The van der Waals surface area contributed by atoms with E-state index < -0.39 is 57.2 Å². The fourth-order valence-electron chi connectivity index (χ4n) is 11.1. The van der Waals surface area contributed by atoms with Crippen molar-refractivity contribution in [2.24, 2.45) is 0 Å². The van der Waals surface area contributed by atoms with Gasteiger partial charge in [-0.2, -0.15) is 8.42 Å². The average Bonchev–Trinajstić information content (AvgIpc) is 1.70. The summed E-state index contributed by atoms with van der Waals surface area (Å²) in [5.74, 6) is -1.89. The zero-order valence-electron chi connectivity index (χ0n) is 47.8. The van der Waals surface area contributed by atoms with Gasteiger partial charge in [0.05, 0.1) is 48.8 Å². The van der Waals surface area contributed by atoms with Crippen LogP contribution in [0, 0.1) is 0 Å². The topological polar surface area (TPSA) is 293 Å². The van der Waals surface area contributed by atoms with Gasteiger partial charge in [-0.25, -0.2) is 0 Å². The van der Waals surface area contributed by atoms with Crippen molar-refractivity contribution in [3.8, 4) is 23.0 Å². The number of para-hydroxylation sites is 1. The number of carbonyl (C=O) groups is 7. The molecule has 24 heteroatoms. The van der Waals surface area contributed by atoms with E-state index in [2.05, 4.69) is 38.5 Å². The zero-order chi connectivity index (χ0) is 60.7. The smallest absolute Gasteiger partial charge is 0.288 e. The molecule has 0 spiro atoms. The minimum atomic E-state index is -4.79. The standard InChI is InChI=1S/C61H69N9O14S/c1-7-14-39-26-42-32-63-45-30-52(50(81-5)28-43(45)60(76)69(42)47(39)8-2)83-33-37-23-38(34-84-53-31-46-44(29-51(53)82-6)61(77)70-48-16-10-9-15-40(48)27-49(70)59(67-46)85(78,79)80)25-41(24-37)66-58(75)36(4)65-57(74)35(3)64-55(72)18-12-11-17-54(71)62-20-22-68-21-13-19-56(68)73/h7-10,13-16,19,23-25,28-31,35-36,42,49,59,63,67H,2,11-12,17-18,20-22,26-27,32-34H2,1,3-6H3,(H,62,71)(H,64,72)(H,65,74)(H,66,75)(H,78,79,80)/b14-7-/t35-,36-,42-,49-,59?/m0/s1. The Balaban J connectivity index is 0.902. The Kier molecular flexibility index (Phi) is 18.6. The quantitative estimate of drug-likeness (QED) is 0.0325. The van der Waals surface area contributed by atoms with Crippen molar-refractivity contribution in [3.63, 3.8) is 0 Å². The number of nitrogens with zero attached hydrogens (tertiary/aromatic N) is 3. The molecular formula is C61H69N9O14S. The Morgan fingerprint density at radius 1 is 0.800 bits per heavy atom. The number of amides is 7. The van der Waals surface area contributed by atoms with Crippen LogP contribution in [0.5, 0.6) is 23.0 Å². The van der Waals surface area contributed by atoms with E-state index in [4.69, 9.17) is 18.9 Å². The predicted molar refractivity (Wildman–Crippen MR) is 317 cm³/mol. The highest BCUT2D eigenvalue weighted by molar-refractivity contribution is 7.86. The lowest BCUT2D eigenvalue weighted by molar-refractivity contribution is -0.130. The van der Waals surface area contributed by atoms with E-state index in [1.165, 1.54) is 51.2 Å². The van der Waals surface area contributed by atoms with Gasteiger partial charge in [0, 0.05) is 74.3 Å². The molecule has 0 radical (unpaired) electrons. The lowest BCUT2D eigenvalue weighted by Gasteiger charge is -2.27. The first-order chi connectivity index (χ1) is 40.8. The average molecular weight is 1180 g/mol. The zero-order valence-corrected chi connectivity index (χ0v) is 48.6. The fourth-order valence-corrected chi connectivity index (χ4v) is 11.9. The molecule has 0 aliphatic carbocycles. The molecule has 5 atom stereocenters. The molecule has 4 aromatic carbocycles. The van der Waals surface area contributed by atoms with Crippen molar-refractivity contribution in [1.29, 1.82) is 0 Å². The summed E-state index contributed by atoms with van der Waals surface area (Å²) in [7, 11) is -1.95. The maximum atomic E-state index is 14.3. The molecule has 5 aliphatic rings. The number of allylic oxidation sites excluding steroid dienone is 3. The van der Waals surface area contributed by atoms with Crippen LogP contribution in [-0.4, -0.2) is 134 Å². The molecule has 0 fully saturated rings.